The number of carbonyl (C=O) groups is 1. The first-order chi connectivity index (χ1) is 16.3. The number of aryl methyl sites for hydroxylation is 2. The van der Waals surface area contributed by atoms with Crippen molar-refractivity contribution in [2.24, 2.45) is 7.05 Å². The average Bonchev–Trinajstić information content (AvgIpc) is 2.76. The van der Waals surface area contributed by atoms with Gasteiger partial charge in [0.1, 0.15) is 5.75 Å². The molecule has 194 valence electrons. The summed E-state index contributed by atoms with van der Waals surface area (Å²) in [5.74, 6) is -0.344. The number of halogens is 3. The first-order valence-corrected chi connectivity index (χ1v) is 11.2. The number of benzene rings is 1. The molecule has 0 aliphatic heterocycles. The normalized spacial score (nSPS) is 11.9. The molecule has 35 heavy (non-hydrogen) atoms. The largest absolute Gasteiger partial charge is 0.476 e. The van der Waals surface area contributed by atoms with Crippen molar-refractivity contribution in [2.45, 2.75) is 64.8 Å². The minimum Gasteiger partial charge on any atom is -0.476 e. The van der Waals surface area contributed by atoms with Gasteiger partial charge in [0, 0.05) is 20.0 Å². The Morgan fingerprint density at radius 2 is 1.86 bits per heavy atom. The molecule has 0 amide bonds. The summed E-state index contributed by atoms with van der Waals surface area (Å²) in [6, 6.07) is 7.14. The number of alkyl halides is 3. The molecule has 12 heteroatoms. The van der Waals surface area contributed by atoms with Crippen LogP contribution in [0.5, 0.6) is 11.6 Å². The highest BCUT2D eigenvalue weighted by Gasteiger charge is 2.31. The molecule has 1 aromatic carbocycles. The highest BCUT2D eigenvalue weighted by molar-refractivity contribution is 5.79. The molecular formula is C23H30F3N3O6. The predicted octanol–water partition coefficient (Wildman–Crippen LogP) is 3.02. The monoisotopic (exact) mass is 501 g/mol. The van der Waals surface area contributed by atoms with Crippen LogP contribution in [0.25, 0.3) is 0 Å². The van der Waals surface area contributed by atoms with Crippen LogP contribution < -0.4 is 20.7 Å². The summed E-state index contributed by atoms with van der Waals surface area (Å²) >= 11 is 0. The average molecular weight is 502 g/mol. The van der Waals surface area contributed by atoms with Gasteiger partial charge in [-0.25, -0.2) is 14.3 Å². The van der Waals surface area contributed by atoms with Gasteiger partial charge in [0.05, 0.1) is 13.2 Å². The molecule has 0 N–H and O–H groups in total. The third-order valence-corrected chi connectivity index (χ3v) is 4.91. The topological polar surface area (TPSA) is 102 Å². The highest BCUT2D eigenvalue weighted by Crippen LogP contribution is 2.22. The second-order valence-corrected chi connectivity index (χ2v) is 8.32. The lowest BCUT2D eigenvalue weighted by Gasteiger charge is -2.24. The van der Waals surface area contributed by atoms with Gasteiger partial charge in [0.25, 0.3) is 5.88 Å². The van der Waals surface area contributed by atoms with Crippen molar-refractivity contribution in [1.29, 1.82) is 0 Å². The van der Waals surface area contributed by atoms with Crippen molar-refractivity contribution >= 4 is 5.97 Å². The molecule has 0 atom stereocenters. The lowest BCUT2D eigenvalue weighted by molar-refractivity contribution is -0.158. The number of rotatable bonds is 12. The van der Waals surface area contributed by atoms with E-state index in [0.29, 0.717) is 23.2 Å². The van der Waals surface area contributed by atoms with E-state index in [1.165, 1.54) is 7.05 Å². The number of ether oxygens (including phenoxy) is 3. The molecule has 1 heterocycles. The fourth-order valence-corrected chi connectivity index (χ4v) is 3.18. The zero-order valence-electron chi connectivity index (χ0n) is 20.2. The number of hydrogen-bond donors (Lipinski definition) is 0. The number of esters is 1. The van der Waals surface area contributed by atoms with E-state index < -0.39 is 48.4 Å². The summed E-state index contributed by atoms with van der Waals surface area (Å²) in [7, 11) is 1.29. The first-order valence-electron chi connectivity index (χ1n) is 11.2. The van der Waals surface area contributed by atoms with Crippen LogP contribution in [0.3, 0.4) is 0 Å². The maximum atomic E-state index is 12.5. The summed E-state index contributed by atoms with van der Waals surface area (Å²) in [4.78, 5) is 36.6. The molecule has 0 bridgehead atoms. The van der Waals surface area contributed by atoms with Crippen molar-refractivity contribution in [2.75, 3.05) is 13.2 Å². The number of carbonyl (C=O) groups excluding carboxylic acids is 1. The molecule has 2 rings (SSSR count). The van der Waals surface area contributed by atoms with Gasteiger partial charge in [0.15, 0.2) is 5.60 Å². The van der Waals surface area contributed by atoms with Crippen LogP contribution in [-0.2, 0) is 29.5 Å². The van der Waals surface area contributed by atoms with E-state index in [4.69, 9.17) is 14.2 Å². The molecule has 9 nitrogen and oxygen atoms in total. The Morgan fingerprint density at radius 3 is 2.51 bits per heavy atom. The maximum absolute atomic E-state index is 12.5. The molecule has 0 fully saturated rings. The van der Waals surface area contributed by atoms with Crippen LogP contribution in [0.15, 0.2) is 33.9 Å². The lowest BCUT2D eigenvalue weighted by Crippen LogP contribution is -2.41. The van der Waals surface area contributed by atoms with Crippen molar-refractivity contribution in [3.8, 4) is 11.6 Å². The Kier molecular flexibility index (Phi) is 9.49. The Labute approximate surface area is 200 Å². The molecule has 0 aliphatic rings. The summed E-state index contributed by atoms with van der Waals surface area (Å²) in [5.41, 5.74) is -1.95. The van der Waals surface area contributed by atoms with E-state index in [-0.39, 0.29) is 19.1 Å². The zero-order chi connectivity index (χ0) is 26.2. The Balaban J connectivity index is 1.97. The SMILES string of the molecule is CCOC(=O)C(C)(C)Oc1cccc(CCCOc2nn(C)c(=O)n(CCCC(F)(F)F)c2=O)c1. The fraction of sp³-hybridized carbons (Fsp3) is 0.565. The van der Waals surface area contributed by atoms with Crippen LogP contribution in [0.4, 0.5) is 13.2 Å². The standard InChI is InChI=1S/C23H30F3N3O6/c1-5-33-20(31)22(2,3)35-17-11-6-9-16(15-17)10-7-14-34-18-19(30)29(21(32)28(4)27-18)13-8-12-23(24,25)26/h6,9,11,15H,5,7-8,10,12-14H2,1-4H3. The van der Waals surface area contributed by atoms with Gasteiger partial charge >= 0.3 is 23.4 Å². The van der Waals surface area contributed by atoms with E-state index in [1.807, 2.05) is 6.07 Å². The summed E-state index contributed by atoms with van der Waals surface area (Å²) < 4.78 is 55.0. The quantitative estimate of drug-likeness (QED) is 0.326. The van der Waals surface area contributed by atoms with Gasteiger partial charge in [-0.2, -0.15) is 13.2 Å². The van der Waals surface area contributed by atoms with Crippen molar-refractivity contribution in [3.63, 3.8) is 0 Å². The second-order valence-electron chi connectivity index (χ2n) is 8.32. The van der Waals surface area contributed by atoms with Crippen LogP contribution >= 0.6 is 0 Å². The van der Waals surface area contributed by atoms with E-state index in [9.17, 15) is 27.6 Å². The molecule has 2 aromatic rings. The van der Waals surface area contributed by atoms with Crippen molar-refractivity contribution < 1.29 is 32.2 Å². The van der Waals surface area contributed by atoms with Crippen molar-refractivity contribution in [3.05, 3.63) is 50.7 Å². The molecule has 0 aliphatic carbocycles. The first kappa shape index (κ1) is 27.9. The number of aromatic nitrogens is 3. The van der Waals surface area contributed by atoms with Crippen LogP contribution in [0.2, 0.25) is 0 Å². The smallest absolute Gasteiger partial charge is 0.389 e. The minimum absolute atomic E-state index is 0.0857. The number of nitrogens with zero attached hydrogens (tertiary/aromatic N) is 3. The fourth-order valence-electron chi connectivity index (χ4n) is 3.18. The second kappa shape index (κ2) is 11.9. The molecular weight excluding hydrogens is 471 g/mol. The van der Waals surface area contributed by atoms with Crippen LogP contribution in [0.1, 0.15) is 45.6 Å². The third kappa shape index (κ3) is 8.45. The molecule has 0 saturated carbocycles. The number of hydrogen-bond acceptors (Lipinski definition) is 7. The summed E-state index contributed by atoms with van der Waals surface area (Å²) in [6.45, 7) is 4.88. The Morgan fingerprint density at radius 1 is 1.14 bits per heavy atom. The van der Waals surface area contributed by atoms with Gasteiger partial charge in [0.2, 0.25) is 0 Å². The maximum Gasteiger partial charge on any atom is 0.389 e. The van der Waals surface area contributed by atoms with Gasteiger partial charge < -0.3 is 14.2 Å². The summed E-state index contributed by atoms with van der Waals surface area (Å²) in [5, 5.41) is 3.78. The Bertz CT molecular complexity index is 1120. The van der Waals surface area contributed by atoms with Gasteiger partial charge in [-0.05, 0) is 57.7 Å². The molecule has 0 spiro atoms. The van der Waals surface area contributed by atoms with Gasteiger partial charge in [-0.1, -0.05) is 12.1 Å². The molecule has 0 saturated heterocycles. The Hall–Kier alpha value is -3.31. The zero-order valence-corrected chi connectivity index (χ0v) is 20.2. The van der Waals surface area contributed by atoms with E-state index >= 15 is 0 Å². The lowest BCUT2D eigenvalue weighted by atomic mass is 10.1. The predicted molar refractivity (Wildman–Crippen MR) is 121 cm³/mol. The van der Waals surface area contributed by atoms with Crippen LogP contribution in [0, 0.1) is 0 Å². The molecule has 0 radical (unpaired) electrons. The summed E-state index contributed by atoms with van der Waals surface area (Å²) in [6.07, 6.45) is -4.88. The van der Waals surface area contributed by atoms with Gasteiger partial charge in [-0.15, -0.1) is 5.10 Å². The van der Waals surface area contributed by atoms with Gasteiger partial charge in [-0.3, -0.25) is 9.36 Å². The van der Waals surface area contributed by atoms with E-state index in [0.717, 1.165) is 10.2 Å². The van der Waals surface area contributed by atoms with E-state index in [1.54, 1.807) is 39.0 Å². The van der Waals surface area contributed by atoms with Crippen molar-refractivity contribution in [1.82, 2.24) is 14.3 Å². The van der Waals surface area contributed by atoms with Crippen LogP contribution in [-0.4, -0.2) is 45.3 Å². The third-order valence-electron chi connectivity index (χ3n) is 4.91. The highest BCUT2D eigenvalue weighted by atomic mass is 19.4. The molecule has 0 unspecified atom stereocenters. The van der Waals surface area contributed by atoms with E-state index in [2.05, 4.69) is 5.10 Å². The molecule has 1 aromatic heterocycles. The minimum atomic E-state index is -4.38.